The molecule has 6 heteroatoms. The molecule has 1 aliphatic rings. The first-order chi connectivity index (χ1) is 12.5. The largest absolute Gasteiger partial charge is 0.466 e. The second-order valence-electron chi connectivity index (χ2n) is 6.21. The van der Waals surface area contributed by atoms with Crippen molar-refractivity contribution in [2.75, 3.05) is 10.6 Å². The van der Waals surface area contributed by atoms with Crippen LogP contribution in [0.1, 0.15) is 6.92 Å². The van der Waals surface area contributed by atoms with Crippen LogP contribution in [0.3, 0.4) is 0 Å². The standard InChI is InChI=1S/C20H15ClN2O3/c1-20(19(25)23-16-11-13(21)9-10-17(16)26-20)18(24)22-15-8-4-6-12-5-2-3-7-14(12)15/h2-11H,1H3,(H,22,24)(H,23,25). The number of ether oxygens (including phenoxy) is 1. The number of halogens is 1. The predicted octanol–water partition coefficient (Wildman–Crippen LogP) is 4.22. The van der Waals surface area contributed by atoms with Gasteiger partial charge in [-0.3, -0.25) is 9.59 Å². The molecule has 1 heterocycles. The maximum absolute atomic E-state index is 12.9. The van der Waals surface area contributed by atoms with Crippen molar-refractivity contribution in [3.05, 3.63) is 65.7 Å². The molecular weight excluding hydrogens is 352 g/mol. The Balaban J connectivity index is 1.67. The van der Waals surface area contributed by atoms with Crippen molar-refractivity contribution in [3.63, 3.8) is 0 Å². The molecule has 0 aliphatic carbocycles. The van der Waals surface area contributed by atoms with Crippen LogP contribution in [0.15, 0.2) is 60.7 Å². The maximum Gasteiger partial charge on any atom is 0.278 e. The van der Waals surface area contributed by atoms with E-state index in [1.165, 1.54) is 6.92 Å². The van der Waals surface area contributed by atoms with Gasteiger partial charge in [-0.15, -0.1) is 0 Å². The van der Waals surface area contributed by atoms with Crippen LogP contribution in [-0.2, 0) is 9.59 Å². The number of carbonyl (C=O) groups excluding carboxylic acids is 2. The Kier molecular flexibility index (Phi) is 3.81. The van der Waals surface area contributed by atoms with E-state index in [0.29, 0.717) is 22.1 Å². The highest BCUT2D eigenvalue weighted by Crippen LogP contribution is 2.36. The average Bonchev–Trinajstić information content (AvgIpc) is 2.63. The lowest BCUT2D eigenvalue weighted by Gasteiger charge is -2.33. The van der Waals surface area contributed by atoms with Crippen LogP contribution in [0.4, 0.5) is 11.4 Å². The molecule has 5 nitrogen and oxygen atoms in total. The number of fused-ring (bicyclic) bond motifs is 2. The zero-order chi connectivity index (χ0) is 18.3. The zero-order valence-electron chi connectivity index (χ0n) is 13.9. The van der Waals surface area contributed by atoms with Crippen molar-refractivity contribution in [2.45, 2.75) is 12.5 Å². The number of amides is 2. The SMILES string of the molecule is CC1(C(=O)Nc2cccc3ccccc23)Oc2ccc(Cl)cc2NC1=O. The number of anilines is 2. The summed E-state index contributed by atoms with van der Waals surface area (Å²) in [6.07, 6.45) is 0. The number of hydrogen-bond acceptors (Lipinski definition) is 3. The normalized spacial score (nSPS) is 18.6. The van der Waals surface area contributed by atoms with Gasteiger partial charge in [0.1, 0.15) is 5.75 Å². The first-order valence-electron chi connectivity index (χ1n) is 8.06. The van der Waals surface area contributed by atoms with Crippen molar-refractivity contribution in [1.29, 1.82) is 0 Å². The fourth-order valence-electron chi connectivity index (χ4n) is 2.92. The van der Waals surface area contributed by atoms with Gasteiger partial charge in [0.05, 0.1) is 5.69 Å². The molecule has 1 aliphatic heterocycles. The Bertz CT molecular complexity index is 1040. The third-order valence-corrected chi connectivity index (χ3v) is 4.64. The summed E-state index contributed by atoms with van der Waals surface area (Å²) in [4.78, 5) is 25.4. The summed E-state index contributed by atoms with van der Waals surface area (Å²) in [5.74, 6) is -0.707. The molecule has 1 atom stereocenters. The molecule has 2 N–H and O–H groups in total. The minimum atomic E-state index is -1.70. The third-order valence-electron chi connectivity index (χ3n) is 4.41. The summed E-state index contributed by atoms with van der Waals surface area (Å²) in [6, 6.07) is 18.1. The van der Waals surface area contributed by atoms with Gasteiger partial charge < -0.3 is 15.4 Å². The lowest BCUT2D eigenvalue weighted by molar-refractivity contribution is -0.143. The summed E-state index contributed by atoms with van der Waals surface area (Å²) in [7, 11) is 0. The van der Waals surface area contributed by atoms with E-state index in [1.807, 2.05) is 36.4 Å². The topological polar surface area (TPSA) is 67.4 Å². The molecule has 0 fully saturated rings. The van der Waals surface area contributed by atoms with Crippen molar-refractivity contribution < 1.29 is 14.3 Å². The molecule has 0 saturated heterocycles. The van der Waals surface area contributed by atoms with E-state index >= 15 is 0 Å². The van der Waals surface area contributed by atoms with Gasteiger partial charge in [-0.2, -0.15) is 0 Å². The van der Waals surface area contributed by atoms with Crippen molar-refractivity contribution in [1.82, 2.24) is 0 Å². The molecule has 3 aromatic rings. The number of rotatable bonds is 2. The van der Waals surface area contributed by atoms with E-state index in [2.05, 4.69) is 10.6 Å². The molecule has 26 heavy (non-hydrogen) atoms. The first-order valence-corrected chi connectivity index (χ1v) is 8.44. The summed E-state index contributed by atoms with van der Waals surface area (Å²) in [5.41, 5.74) is -0.636. The first kappa shape index (κ1) is 16.4. The van der Waals surface area contributed by atoms with Gasteiger partial charge in [0.15, 0.2) is 0 Å². The number of hydrogen-bond donors (Lipinski definition) is 2. The van der Waals surface area contributed by atoms with Crippen molar-refractivity contribution in [3.8, 4) is 5.75 Å². The van der Waals surface area contributed by atoms with Crippen LogP contribution in [0.2, 0.25) is 5.02 Å². The van der Waals surface area contributed by atoms with E-state index in [1.54, 1.807) is 24.3 Å². The molecule has 1 unspecified atom stereocenters. The molecule has 3 aromatic carbocycles. The highest BCUT2D eigenvalue weighted by molar-refractivity contribution is 6.31. The van der Waals surface area contributed by atoms with Crippen LogP contribution in [0.5, 0.6) is 5.75 Å². The Hall–Kier alpha value is -3.05. The predicted molar refractivity (Wildman–Crippen MR) is 102 cm³/mol. The van der Waals surface area contributed by atoms with E-state index < -0.39 is 17.4 Å². The Morgan fingerprint density at radius 3 is 2.73 bits per heavy atom. The van der Waals surface area contributed by atoms with Gasteiger partial charge in [-0.1, -0.05) is 48.0 Å². The highest BCUT2D eigenvalue weighted by atomic mass is 35.5. The van der Waals surface area contributed by atoms with E-state index in [9.17, 15) is 9.59 Å². The lowest BCUT2D eigenvalue weighted by atomic mass is 10.0. The zero-order valence-corrected chi connectivity index (χ0v) is 14.6. The van der Waals surface area contributed by atoms with Crippen LogP contribution in [0.25, 0.3) is 10.8 Å². The molecule has 0 spiro atoms. The van der Waals surface area contributed by atoms with Crippen LogP contribution in [0, 0.1) is 0 Å². The average molecular weight is 367 g/mol. The fourth-order valence-corrected chi connectivity index (χ4v) is 3.09. The van der Waals surface area contributed by atoms with Crippen LogP contribution in [-0.4, -0.2) is 17.4 Å². The van der Waals surface area contributed by atoms with Gasteiger partial charge in [0, 0.05) is 16.1 Å². The van der Waals surface area contributed by atoms with Gasteiger partial charge in [0.2, 0.25) is 0 Å². The lowest BCUT2D eigenvalue weighted by Crippen LogP contribution is -2.56. The molecule has 0 radical (unpaired) electrons. The van der Waals surface area contributed by atoms with E-state index in [0.717, 1.165) is 10.8 Å². The fraction of sp³-hybridized carbons (Fsp3) is 0.100. The second-order valence-corrected chi connectivity index (χ2v) is 6.65. The van der Waals surface area contributed by atoms with Crippen molar-refractivity contribution >= 4 is 45.6 Å². The summed E-state index contributed by atoms with van der Waals surface area (Å²) < 4.78 is 5.75. The molecule has 0 aromatic heterocycles. The van der Waals surface area contributed by atoms with Crippen LogP contribution >= 0.6 is 11.6 Å². The van der Waals surface area contributed by atoms with E-state index in [4.69, 9.17) is 16.3 Å². The minimum Gasteiger partial charge on any atom is -0.466 e. The second kappa shape index (κ2) is 6.04. The number of nitrogens with one attached hydrogen (secondary N) is 2. The van der Waals surface area contributed by atoms with Crippen LogP contribution < -0.4 is 15.4 Å². The van der Waals surface area contributed by atoms with Gasteiger partial charge >= 0.3 is 0 Å². The molecular formula is C20H15ClN2O3. The summed E-state index contributed by atoms with van der Waals surface area (Å²) >= 11 is 5.93. The highest BCUT2D eigenvalue weighted by Gasteiger charge is 2.47. The smallest absolute Gasteiger partial charge is 0.278 e. The quantitative estimate of drug-likeness (QED) is 0.667. The Labute approximate surface area is 154 Å². The van der Waals surface area contributed by atoms with Crippen molar-refractivity contribution in [2.24, 2.45) is 0 Å². The van der Waals surface area contributed by atoms with Gasteiger partial charge in [-0.05, 0) is 36.6 Å². The molecule has 0 saturated carbocycles. The Morgan fingerprint density at radius 1 is 1.12 bits per heavy atom. The van der Waals surface area contributed by atoms with E-state index in [-0.39, 0.29) is 0 Å². The number of carbonyl (C=O) groups is 2. The minimum absolute atomic E-state index is 0.393. The van der Waals surface area contributed by atoms with Gasteiger partial charge in [0.25, 0.3) is 17.4 Å². The Morgan fingerprint density at radius 2 is 1.88 bits per heavy atom. The molecule has 130 valence electrons. The van der Waals surface area contributed by atoms with Gasteiger partial charge in [-0.25, -0.2) is 0 Å². The molecule has 0 bridgehead atoms. The third kappa shape index (κ3) is 2.66. The maximum atomic E-state index is 12.9. The number of benzene rings is 3. The molecule has 2 amide bonds. The monoisotopic (exact) mass is 366 g/mol. The summed E-state index contributed by atoms with van der Waals surface area (Å²) in [6.45, 7) is 1.44. The summed E-state index contributed by atoms with van der Waals surface area (Å²) in [5, 5.41) is 7.85. The molecule has 4 rings (SSSR count).